The minimum Gasteiger partial charge on any atom is -0.272 e. The second kappa shape index (κ2) is 9.60. The summed E-state index contributed by atoms with van der Waals surface area (Å²) in [5, 5.41) is 18.1. The number of hydrogen-bond donors (Lipinski definition) is 2. The number of nitrogens with one attached hydrogen (secondary N) is 2. The van der Waals surface area contributed by atoms with E-state index in [-0.39, 0.29) is 5.91 Å². The highest BCUT2D eigenvalue weighted by Crippen LogP contribution is 2.23. The number of amides is 1. The molecule has 0 radical (unpaired) electrons. The first kappa shape index (κ1) is 21.5. The van der Waals surface area contributed by atoms with Crippen molar-refractivity contribution in [2.45, 2.75) is 46.6 Å². The van der Waals surface area contributed by atoms with Gasteiger partial charge in [0, 0.05) is 23.4 Å². The number of unbranched alkanes of at least 4 members (excludes halogenated alkanes) is 2. The maximum absolute atomic E-state index is 12.5. The van der Waals surface area contributed by atoms with Crippen LogP contribution in [0.4, 0.5) is 0 Å². The summed E-state index contributed by atoms with van der Waals surface area (Å²) in [5.74, 6) is -0.341. The number of carbonyl (C=O) groups is 1. The van der Waals surface area contributed by atoms with Crippen LogP contribution in [-0.2, 0) is 6.54 Å². The van der Waals surface area contributed by atoms with Crippen molar-refractivity contribution >= 4 is 22.9 Å². The summed E-state index contributed by atoms with van der Waals surface area (Å²) >= 11 is 0. The molecule has 0 unspecified atom stereocenters. The zero-order chi connectivity index (χ0) is 22.5. The molecule has 2 N–H and O–H groups in total. The summed E-state index contributed by atoms with van der Waals surface area (Å²) < 4.78 is 2.01. The molecule has 0 aliphatic rings. The van der Waals surface area contributed by atoms with Crippen LogP contribution in [0.5, 0.6) is 0 Å². The van der Waals surface area contributed by atoms with Gasteiger partial charge in [-0.3, -0.25) is 14.6 Å². The van der Waals surface area contributed by atoms with Gasteiger partial charge in [-0.15, -0.1) is 0 Å². The summed E-state index contributed by atoms with van der Waals surface area (Å²) in [7, 11) is 0. The van der Waals surface area contributed by atoms with Crippen LogP contribution in [0.1, 0.15) is 53.6 Å². The van der Waals surface area contributed by atoms with Gasteiger partial charge in [-0.05, 0) is 43.2 Å². The quantitative estimate of drug-likeness (QED) is 0.235. The lowest BCUT2D eigenvalue weighted by Gasteiger charge is -2.03. The molecule has 0 bridgehead atoms. The van der Waals surface area contributed by atoms with Crippen molar-refractivity contribution in [3.8, 4) is 11.3 Å². The van der Waals surface area contributed by atoms with Gasteiger partial charge in [0.05, 0.1) is 17.6 Å². The Morgan fingerprint density at radius 1 is 1.12 bits per heavy atom. The Labute approximate surface area is 187 Å². The molecule has 1 amide bonds. The number of H-pyrrole nitrogens is 1. The minimum absolute atomic E-state index is 0.341. The predicted molar refractivity (Wildman–Crippen MR) is 128 cm³/mol. The number of benzene rings is 2. The van der Waals surface area contributed by atoms with Crippen molar-refractivity contribution in [3.05, 3.63) is 71.2 Å². The summed E-state index contributed by atoms with van der Waals surface area (Å²) in [5.41, 5.74) is 7.48. The summed E-state index contributed by atoms with van der Waals surface area (Å²) in [6, 6.07) is 16.0. The molecule has 0 saturated heterocycles. The molecule has 7 heteroatoms. The highest BCUT2D eigenvalue weighted by atomic mass is 16.2. The van der Waals surface area contributed by atoms with E-state index in [2.05, 4.69) is 57.0 Å². The lowest BCUT2D eigenvalue weighted by molar-refractivity contribution is 0.0950. The van der Waals surface area contributed by atoms with E-state index in [0.717, 1.165) is 40.9 Å². The number of aryl methyl sites for hydroxylation is 2. The first-order valence-electron chi connectivity index (χ1n) is 11.0. The molecule has 0 spiro atoms. The van der Waals surface area contributed by atoms with Crippen LogP contribution in [0.3, 0.4) is 0 Å². The predicted octanol–water partition coefficient (Wildman–Crippen LogP) is 5.00. The molecule has 0 fully saturated rings. The number of aromatic amines is 1. The molecular weight excluding hydrogens is 400 g/mol. The smallest absolute Gasteiger partial charge is 0.272 e. The highest BCUT2D eigenvalue weighted by molar-refractivity contribution is 5.95. The average Bonchev–Trinajstić information content (AvgIpc) is 3.40. The Hall–Kier alpha value is -3.74. The second-order valence-corrected chi connectivity index (χ2v) is 7.94. The first-order valence-corrected chi connectivity index (χ1v) is 11.0. The van der Waals surface area contributed by atoms with Crippen LogP contribution in [-0.4, -0.2) is 32.1 Å². The standard InChI is InChI=1S/C25H28N6O/c1-4-5-8-13-31-18(3)22(17(2)30-31)16-26-29-25(32)24-15-23(27-28-24)21-12-11-19-9-6-7-10-20(19)14-21/h6-7,9-12,14-16H,4-5,8,13H2,1-3H3,(H,27,28)(H,29,32)/b26-16-. The third kappa shape index (κ3) is 4.61. The van der Waals surface area contributed by atoms with Crippen molar-refractivity contribution in [3.63, 3.8) is 0 Å². The van der Waals surface area contributed by atoms with Gasteiger partial charge in [-0.2, -0.15) is 15.3 Å². The van der Waals surface area contributed by atoms with E-state index in [9.17, 15) is 4.79 Å². The molecule has 2 heterocycles. The number of hydrazone groups is 1. The van der Waals surface area contributed by atoms with Gasteiger partial charge in [-0.25, -0.2) is 5.43 Å². The number of carbonyl (C=O) groups excluding carboxylic acids is 1. The summed E-state index contributed by atoms with van der Waals surface area (Å²) in [6.07, 6.45) is 5.12. The SMILES string of the molecule is CCCCCn1nc(C)c(/C=N\NC(=O)c2cc(-c3ccc4ccccc4c3)n[nH]2)c1C. The van der Waals surface area contributed by atoms with Gasteiger partial charge in [0.15, 0.2) is 0 Å². The van der Waals surface area contributed by atoms with E-state index in [1.54, 1.807) is 12.3 Å². The van der Waals surface area contributed by atoms with Crippen LogP contribution in [0.2, 0.25) is 0 Å². The van der Waals surface area contributed by atoms with Gasteiger partial charge < -0.3 is 0 Å². The van der Waals surface area contributed by atoms with Gasteiger partial charge in [-0.1, -0.05) is 56.2 Å². The zero-order valence-electron chi connectivity index (χ0n) is 18.7. The molecular formula is C25H28N6O. The Morgan fingerprint density at radius 2 is 1.94 bits per heavy atom. The fourth-order valence-corrected chi connectivity index (χ4v) is 3.78. The first-order chi connectivity index (χ1) is 15.6. The maximum atomic E-state index is 12.5. The molecule has 32 heavy (non-hydrogen) atoms. The minimum atomic E-state index is -0.341. The number of nitrogens with zero attached hydrogens (tertiary/aromatic N) is 4. The van der Waals surface area contributed by atoms with Crippen molar-refractivity contribution in [1.29, 1.82) is 0 Å². The fourth-order valence-electron chi connectivity index (χ4n) is 3.78. The number of rotatable bonds is 8. The van der Waals surface area contributed by atoms with E-state index in [0.29, 0.717) is 11.4 Å². The molecule has 0 aliphatic carbocycles. The van der Waals surface area contributed by atoms with Crippen molar-refractivity contribution < 1.29 is 4.79 Å². The molecule has 7 nitrogen and oxygen atoms in total. The topological polar surface area (TPSA) is 88.0 Å². The Balaban J connectivity index is 1.43. The molecule has 4 rings (SSSR count). The number of fused-ring (bicyclic) bond motifs is 1. The molecule has 0 atom stereocenters. The molecule has 0 saturated carbocycles. The molecule has 2 aromatic carbocycles. The molecule has 164 valence electrons. The van der Waals surface area contributed by atoms with Crippen LogP contribution in [0, 0.1) is 13.8 Å². The summed E-state index contributed by atoms with van der Waals surface area (Å²) in [6.45, 7) is 7.07. The van der Waals surface area contributed by atoms with Gasteiger partial charge in [0.2, 0.25) is 0 Å². The Kier molecular flexibility index (Phi) is 6.44. The normalized spacial score (nSPS) is 11.5. The zero-order valence-corrected chi connectivity index (χ0v) is 18.7. The van der Waals surface area contributed by atoms with Gasteiger partial charge in [0.25, 0.3) is 5.91 Å². The number of aromatic nitrogens is 4. The van der Waals surface area contributed by atoms with Crippen molar-refractivity contribution in [2.24, 2.45) is 5.10 Å². The van der Waals surface area contributed by atoms with Crippen LogP contribution in [0.25, 0.3) is 22.0 Å². The largest absolute Gasteiger partial charge is 0.289 e. The van der Waals surface area contributed by atoms with E-state index in [1.165, 1.54) is 18.2 Å². The summed E-state index contributed by atoms with van der Waals surface area (Å²) in [4.78, 5) is 12.5. The Bertz CT molecular complexity index is 1270. The third-order valence-corrected chi connectivity index (χ3v) is 5.64. The monoisotopic (exact) mass is 428 g/mol. The second-order valence-electron chi connectivity index (χ2n) is 7.94. The van der Waals surface area contributed by atoms with E-state index < -0.39 is 0 Å². The van der Waals surface area contributed by atoms with Gasteiger partial charge >= 0.3 is 0 Å². The Morgan fingerprint density at radius 3 is 2.75 bits per heavy atom. The fraction of sp³-hybridized carbons (Fsp3) is 0.280. The lowest BCUT2D eigenvalue weighted by Crippen LogP contribution is -2.18. The van der Waals surface area contributed by atoms with E-state index in [4.69, 9.17) is 0 Å². The van der Waals surface area contributed by atoms with Gasteiger partial charge in [0.1, 0.15) is 5.69 Å². The molecule has 4 aromatic rings. The van der Waals surface area contributed by atoms with E-state index >= 15 is 0 Å². The van der Waals surface area contributed by atoms with Crippen LogP contribution in [0.15, 0.2) is 53.6 Å². The third-order valence-electron chi connectivity index (χ3n) is 5.64. The van der Waals surface area contributed by atoms with Crippen molar-refractivity contribution in [2.75, 3.05) is 0 Å². The van der Waals surface area contributed by atoms with Crippen molar-refractivity contribution in [1.82, 2.24) is 25.4 Å². The van der Waals surface area contributed by atoms with Crippen LogP contribution >= 0.6 is 0 Å². The maximum Gasteiger partial charge on any atom is 0.289 e. The van der Waals surface area contributed by atoms with Crippen LogP contribution < -0.4 is 5.43 Å². The average molecular weight is 429 g/mol. The lowest BCUT2D eigenvalue weighted by atomic mass is 10.1. The van der Waals surface area contributed by atoms with E-state index in [1.807, 2.05) is 36.7 Å². The molecule has 2 aromatic heterocycles. The molecule has 0 aliphatic heterocycles. The number of hydrogen-bond acceptors (Lipinski definition) is 4. The highest BCUT2D eigenvalue weighted by Gasteiger charge is 2.12.